The second-order valence-electron chi connectivity index (χ2n) is 5.44. The average molecular weight is 198 g/mol. The maximum absolute atomic E-state index is 6.00. The van der Waals surface area contributed by atoms with Crippen LogP contribution in [0.1, 0.15) is 47.0 Å². The molecule has 1 saturated carbocycles. The number of hydrogen-bond donors (Lipinski definition) is 1. The minimum Gasteiger partial charge on any atom is -0.329 e. The molecule has 14 heavy (non-hydrogen) atoms. The van der Waals surface area contributed by atoms with E-state index < -0.39 is 0 Å². The van der Waals surface area contributed by atoms with Gasteiger partial charge in [0.25, 0.3) is 0 Å². The summed E-state index contributed by atoms with van der Waals surface area (Å²) in [7, 11) is 0. The molecule has 0 spiro atoms. The minimum atomic E-state index is 0.299. The summed E-state index contributed by atoms with van der Waals surface area (Å²) in [5.41, 5.74) is 6.79. The molecule has 0 aromatic rings. The lowest BCUT2D eigenvalue weighted by Crippen LogP contribution is -2.52. The van der Waals surface area contributed by atoms with Gasteiger partial charge in [0.2, 0.25) is 0 Å². The summed E-state index contributed by atoms with van der Waals surface area (Å²) in [4.78, 5) is 2.56. The Labute approximate surface area is 88.8 Å². The highest BCUT2D eigenvalue weighted by molar-refractivity contribution is 5.01. The van der Waals surface area contributed by atoms with Gasteiger partial charge in [0.1, 0.15) is 0 Å². The Morgan fingerprint density at radius 1 is 1.14 bits per heavy atom. The quantitative estimate of drug-likeness (QED) is 0.750. The maximum Gasteiger partial charge on any atom is 0.0336 e. The van der Waals surface area contributed by atoms with Gasteiger partial charge < -0.3 is 5.73 Å². The fraction of sp³-hybridized carbons (Fsp3) is 1.00. The monoisotopic (exact) mass is 198 g/mol. The second-order valence-corrected chi connectivity index (χ2v) is 5.44. The minimum absolute atomic E-state index is 0.299. The van der Waals surface area contributed by atoms with Crippen LogP contribution in [-0.4, -0.2) is 30.1 Å². The molecule has 1 rings (SSSR count). The van der Waals surface area contributed by atoms with E-state index in [0.717, 1.165) is 19.6 Å². The molecule has 0 amide bonds. The standard InChI is InChI=1S/C12H26N2/c1-5-14(6-2)12(10-13)8-7-11(3,4)9-12/h5-10,13H2,1-4H3. The highest BCUT2D eigenvalue weighted by Gasteiger charge is 2.44. The Kier molecular flexibility index (Phi) is 3.59. The van der Waals surface area contributed by atoms with Crippen molar-refractivity contribution >= 4 is 0 Å². The number of likely N-dealkylation sites (N-methyl/N-ethyl adjacent to an activating group) is 1. The predicted octanol–water partition coefficient (Wildman–Crippen LogP) is 2.24. The van der Waals surface area contributed by atoms with E-state index >= 15 is 0 Å². The van der Waals surface area contributed by atoms with Crippen LogP contribution in [0.4, 0.5) is 0 Å². The average Bonchev–Trinajstić information content (AvgIpc) is 2.45. The molecule has 1 unspecified atom stereocenters. The van der Waals surface area contributed by atoms with Crippen molar-refractivity contribution in [3.05, 3.63) is 0 Å². The molecular weight excluding hydrogens is 172 g/mol. The van der Waals surface area contributed by atoms with Gasteiger partial charge in [-0.15, -0.1) is 0 Å². The summed E-state index contributed by atoms with van der Waals surface area (Å²) >= 11 is 0. The van der Waals surface area contributed by atoms with Crippen LogP contribution in [0, 0.1) is 5.41 Å². The lowest BCUT2D eigenvalue weighted by atomic mass is 9.86. The predicted molar refractivity (Wildman–Crippen MR) is 62.3 cm³/mol. The van der Waals surface area contributed by atoms with Crippen molar-refractivity contribution in [2.75, 3.05) is 19.6 Å². The summed E-state index contributed by atoms with van der Waals surface area (Å²) in [5, 5.41) is 0. The number of nitrogens with zero attached hydrogens (tertiary/aromatic N) is 1. The fourth-order valence-corrected chi connectivity index (χ4v) is 3.11. The van der Waals surface area contributed by atoms with Gasteiger partial charge in [0.05, 0.1) is 0 Å². The van der Waals surface area contributed by atoms with E-state index in [1.807, 2.05) is 0 Å². The van der Waals surface area contributed by atoms with Gasteiger partial charge in [0.15, 0.2) is 0 Å². The van der Waals surface area contributed by atoms with Crippen LogP contribution >= 0.6 is 0 Å². The third-order valence-electron chi connectivity index (χ3n) is 3.89. The van der Waals surface area contributed by atoms with Crippen molar-refractivity contribution in [2.45, 2.75) is 52.5 Å². The summed E-state index contributed by atoms with van der Waals surface area (Å²) < 4.78 is 0. The lowest BCUT2D eigenvalue weighted by molar-refractivity contribution is 0.101. The van der Waals surface area contributed by atoms with Gasteiger partial charge in [-0.2, -0.15) is 0 Å². The van der Waals surface area contributed by atoms with Gasteiger partial charge in [-0.1, -0.05) is 27.7 Å². The van der Waals surface area contributed by atoms with E-state index in [1.165, 1.54) is 19.3 Å². The highest BCUT2D eigenvalue weighted by atomic mass is 15.2. The van der Waals surface area contributed by atoms with E-state index in [2.05, 4.69) is 32.6 Å². The van der Waals surface area contributed by atoms with Crippen LogP contribution < -0.4 is 5.73 Å². The zero-order chi connectivity index (χ0) is 10.8. The lowest BCUT2D eigenvalue weighted by Gasteiger charge is -2.40. The molecule has 84 valence electrons. The maximum atomic E-state index is 6.00. The molecule has 0 bridgehead atoms. The largest absolute Gasteiger partial charge is 0.329 e. The number of hydrogen-bond acceptors (Lipinski definition) is 2. The van der Waals surface area contributed by atoms with Crippen molar-refractivity contribution in [3.63, 3.8) is 0 Å². The van der Waals surface area contributed by atoms with Crippen LogP contribution in [-0.2, 0) is 0 Å². The van der Waals surface area contributed by atoms with Crippen LogP contribution in [0.5, 0.6) is 0 Å². The van der Waals surface area contributed by atoms with E-state index in [4.69, 9.17) is 5.73 Å². The van der Waals surface area contributed by atoms with Crippen molar-refractivity contribution < 1.29 is 0 Å². The molecule has 1 atom stereocenters. The van der Waals surface area contributed by atoms with Crippen molar-refractivity contribution in [2.24, 2.45) is 11.1 Å². The Bertz CT molecular complexity index is 185. The summed E-state index contributed by atoms with van der Waals surface area (Å²) in [5.74, 6) is 0. The van der Waals surface area contributed by atoms with Gasteiger partial charge in [-0.25, -0.2) is 0 Å². The fourth-order valence-electron chi connectivity index (χ4n) is 3.11. The first-order valence-corrected chi connectivity index (χ1v) is 5.95. The number of nitrogens with two attached hydrogens (primary N) is 1. The molecule has 1 aliphatic rings. The van der Waals surface area contributed by atoms with Crippen molar-refractivity contribution in [1.29, 1.82) is 0 Å². The van der Waals surface area contributed by atoms with Crippen molar-refractivity contribution in [3.8, 4) is 0 Å². The first-order valence-electron chi connectivity index (χ1n) is 5.95. The normalized spacial score (nSPS) is 31.3. The summed E-state index contributed by atoms with van der Waals surface area (Å²) in [6, 6.07) is 0. The smallest absolute Gasteiger partial charge is 0.0336 e. The first kappa shape index (κ1) is 12.0. The molecule has 2 nitrogen and oxygen atoms in total. The Morgan fingerprint density at radius 3 is 2.00 bits per heavy atom. The SMILES string of the molecule is CCN(CC)C1(CN)CCC(C)(C)C1. The molecule has 1 aliphatic carbocycles. The van der Waals surface area contributed by atoms with Crippen LogP contribution in [0.2, 0.25) is 0 Å². The molecule has 0 aromatic carbocycles. The molecule has 0 aliphatic heterocycles. The van der Waals surface area contributed by atoms with E-state index in [-0.39, 0.29) is 0 Å². The third kappa shape index (κ3) is 2.12. The van der Waals surface area contributed by atoms with Gasteiger partial charge >= 0.3 is 0 Å². The zero-order valence-electron chi connectivity index (χ0n) is 10.3. The molecule has 0 heterocycles. The molecule has 0 saturated heterocycles. The molecule has 0 radical (unpaired) electrons. The molecule has 2 heteroatoms. The topological polar surface area (TPSA) is 29.3 Å². The second kappa shape index (κ2) is 4.19. The molecule has 0 aromatic heterocycles. The van der Waals surface area contributed by atoms with Gasteiger partial charge in [-0.05, 0) is 37.8 Å². The van der Waals surface area contributed by atoms with E-state index in [1.54, 1.807) is 0 Å². The van der Waals surface area contributed by atoms with E-state index in [9.17, 15) is 0 Å². The molecular formula is C12H26N2. The number of rotatable bonds is 4. The van der Waals surface area contributed by atoms with Crippen molar-refractivity contribution in [1.82, 2.24) is 4.90 Å². The van der Waals surface area contributed by atoms with Crippen LogP contribution in [0.25, 0.3) is 0 Å². The Morgan fingerprint density at radius 2 is 1.71 bits per heavy atom. The van der Waals surface area contributed by atoms with Crippen LogP contribution in [0.15, 0.2) is 0 Å². The van der Waals surface area contributed by atoms with Gasteiger partial charge in [-0.3, -0.25) is 4.90 Å². The molecule has 1 fully saturated rings. The van der Waals surface area contributed by atoms with Gasteiger partial charge in [0, 0.05) is 12.1 Å². The Balaban J connectivity index is 2.78. The highest BCUT2D eigenvalue weighted by Crippen LogP contribution is 2.45. The molecule has 2 N–H and O–H groups in total. The summed E-state index contributed by atoms with van der Waals surface area (Å²) in [6.45, 7) is 12.3. The van der Waals surface area contributed by atoms with Crippen LogP contribution in [0.3, 0.4) is 0 Å². The third-order valence-corrected chi connectivity index (χ3v) is 3.89. The first-order chi connectivity index (χ1) is 6.49. The van der Waals surface area contributed by atoms with E-state index in [0.29, 0.717) is 11.0 Å². The zero-order valence-corrected chi connectivity index (χ0v) is 10.3. The summed E-state index contributed by atoms with van der Waals surface area (Å²) in [6.07, 6.45) is 3.86. The Hall–Kier alpha value is -0.0800.